The molecule has 1 heterocycles. The molecule has 0 fully saturated rings. The van der Waals surface area contributed by atoms with Gasteiger partial charge in [0, 0.05) is 0 Å². The second kappa shape index (κ2) is 11.6. The summed E-state index contributed by atoms with van der Waals surface area (Å²) in [6.45, 7) is 1.78. The number of amides is 3. The Kier molecular flexibility index (Phi) is 8.89. The topological polar surface area (TPSA) is 132 Å². The lowest BCUT2D eigenvalue weighted by atomic mass is 10.0. The first kappa shape index (κ1) is 23.0. The van der Waals surface area contributed by atoms with Gasteiger partial charge in [-0.15, -0.1) is 0 Å². The maximum Gasteiger partial charge on any atom is 0.288 e. The zero-order valence-electron chi connectivity index (χ0n) is 16.8. The van der Waals surface area contributed by atoms with E-state index in [9.17, 15) is 24.7 Å². The van der Waals surface area contributed by atoms with Crippen molar-refractivity contribution < 1.29 is 29.1 Å². The van der Waals surface area contributed by atoms with E-state index in [1.165, 1.54) is 12.1 Å². The molecule has 0 aliphatic carbocycles. The number of para-hydroxylation sites is 1. The van der Waals surface area contributed by atoms with E-state index in [-0.39, 0.29) is 37.0 Å². The number of nitrogens with zero attached hydrogens (tertiary/aromatic N) is 1. The zero-order chi connectivity index (χ0) is 21.9. The average Bonchev–Trinajstić information content (AvgIpc) is 3.23. The van der Waals surface area contributed by atoms with Crippen LogP contribution < -0.4 is 10.6 Å². The molecule has 1 unspecified atom stereocenters. The van der Waals surface area contributed by atoms with Crippen molar-refractivity contribution >= 4 is 18.2 Å². The Labute approximate surface area is 174 Å². The Balaban J connectivity index is 1.88. The van der Waals surface area contributed by atoms with Crippen molar-refractivity contribution in [3.05, 3.63) is 42.2 Å². The predicted molar refractivity (Wildman–Crippen MR) is 108 cm³/mol. The smallest absolute Gasteiger partial charge is 0.288 e. The first-order valence-corrected chi connectivity index (χ1v) is 9.81. The number of rotatable bonds is 12. The highest BCUT2D eigenvalue weighted by Gasteiger charge is 2.21. The number of benzene rings is 1. The van der Waals surface area contributed by atoms with Crippen molar-refractivity contribution in [2.45, 2.75) is 32.6 Å². The van der Waals surface area contributed by atoms with Crippen molar-refractivity contribution in [2.24, 2.45) is 5.92 Å². The van der Waals surface area contributed by atoms with E-state index in [0.29, 0.717) is 22.8 Å². The van der Waals surface area contributed by atoms with Gasteiger partial charge in [0.05, 0.1) is 24.7 Å². The highest BCUT2D eigenvalue weighted by molar-refractivity contribution is 5.92. The second-order valence-electron chi connectivity index (χ2n) is 6.82. The molecule has 3 amide bonds. The predicted octanol–water partition coefficient (Wildman–Crippen LogP) is 2.50. The molecule has 0 spiro atoms. The van der Waals surface area contributed by atoms with Gasteiger partial charge in [0.25, 0.3) is 5.91 Å². The van der Waals surface area contributed by atoms with E-state index in [1.807, 2.05) is 6.92 Å². The lowest BCUT2D eigenvalue weighted by molar-refractivity contribution is -0.154. The molecule has 30 heavy (non-hydrogen) atoms. The fourth-order valence-electron chi connectivity index (χ4n) is 2.94. The first-order chi connectivity index (χ1) is 14.5. The lowest BCUT2D eigenvalue weighted by Gasteiger charge is -2.19. The SMILES string of the molecule is CCCCCC(CN(O)C=O)C(=O)NCNC(=O)c1ccc(-c2ccccc2O)o1. The van der Waals surface area contributed by atoms with E-state index < -0.39 is 11.8 Å². The number of nitrogens with one attached hydrogen (secondary N) is 2. The third-order valence-electron chi connectivity index (χ3n) is 4.57. The standard InChI is InChI=1S/C21H27N3O6/c1-2-3-4-7-15(12-24(29)14-25)20(27)22-13-23-21(28)19-11-10-18(30-19)16-8-5-6-9-17(16)26/h5-6,8-11,14-15,26,29H,2-4,7,12-13H2,1H3,(H,22,27)(H,23,28). The molecule has 162 valence electrons. The van der Waals surface area contributed by atoms with Crippen LogP contribution in [0.4, 0.5) is 0 Å². The second-order valence-corrected chi connectivity index (χ2v) is 6.82. The molecule has 1 aromatic carbocycles. The van der Waals surface area contributed by atoms with Crippen LogP contribution in [0.2, 0.25) is 0 Å². The third-order valence-corrected chi connectivity index (χ3v) is 4.57. The molecule has 0 aliphatic rings. The van der Waals surface area contributed by atoms with Gasteiger partial charge >= 0.3 is 0 Å². The molecule has 2 rings (SSSR count). The largest absolute Gasteiger partial charge is 0.507 e. The van der Waals surface area contributed by atoms with Gasteiger partial charge < -0.3 is 20.2 Å². The number of carbonyl (C=O) groups is 3. The van der Waals surface area contributed by atoms with Crippen molar-refractivity contribution in [1.29, 1.82) is 0 Å². The number of phenols is 1. The summed E-state index contributed by atoms with van der Waals surface area (Å²) < 4.78 is 5.49. The number of aromatic hydroxyl groups is 1. The Morgan fingerprint density at radius 2 is 1.93 bits per heavy atom. The Morgan fingerprint density at radius 1 is 1.17 bits per heavy atom. The fraction of sp³-hybridized carbons (Fsp3) is 0.381. The average molecular weight is 417 g/mol. The van der Waals surface area contributed by atoms with Crippen LogP contribution in [-0.4, -0.2) is 46.8 Å². The lowest BCUT2D eigenvalue weighted by Crippen LogP contribution is -2.42. The van der Waals surface area contributed by atoms with Gasteiger partial charge in [-0.1, -0.05) is 38.3 Å². The summed E-state index contributed by atoms with van der Waals surface area (Å²) in [7, 11) is 0. The van der Waals surface area contributed by atoms with Crippen molar-refractivity contribution in [2.75, 3.05) is 13.2 Å². The number of hydroxylamine groups is 2. The van der Waals surface area contributed by atoms with E-state index in [1.54, 1.807) is 24.3 Å². The zero-order valence-corrected chi connectivity index (χ0v) is 16.8. The molecule has 1 atom stereocenters. The van der Waals surface area contributed by atoms with Crippen molar-refractivity contribution in [3.8, 4) is 17.1 Å². The first-order valence-electron chi connectivity index (χ1n) is 9.81. The number of hydrogen-bond acceptors (Lipinski definition) is 6. The van der Waals surface area contributed by atoms with Gasteiger partial charge in [0.15, 0.2) is 5.76 Å². The molecule has 0 aliphatic heterocycles. The third kappa shape index (κ3) is 6.63. The number of phenolic OH excluding ortho intramolecular Hbond substituents is 1. The molecule has 0 saturated carbocycles. The van der Waals surface area contributed by atoms with Gasteiger partial charge in [-0.25, -0.2) is 5.06 Å². The van der Waals surface area contributed by atoms with Crippen LogP contribution in [0.3, 0.4) is 0 Å². The maximum absolute atomic E-state index is 12.4. The van der Waals surface area contributed by atoms with Crippen LogP contribution in [0.15, 0.2) is 40.8 Å². The molecule has 4 N–H and O–H groups in total. The Hall–Kier alpha value is -3.33. The van der Waals surface area contributed by atoms with Crippen LogP contribution in [0.5, 0.6) is 5.75 Å². The van der Waals surface area contributed by atoms with Crippen LogP contribution in [0.25, 0.3) is 11.3 Å². The molecule has 9 nitrogen and oxygen atoms in total. The number of carbonyl (C=O) groups excluding carboxylic acids is 3. The minimum atomic E-state index is -0.583. The molecular formula is C21H27N3O6. The Bertz CT molecular complexity index is 851. The molecule has 1 aromatic heterocycles. The highest BCUT2D eigenvalue weighted by Crippen LogP contribution is 2.29. The fourth-order valence-corrected chi connectivity index (χ4v) is 2.94. The minimum Gasteiger partial charge on any atom is -0.507 e. The minimum absolute atomic E-state index is 0.0319. The summed E-state index contributed by atoms with van der Waals surface area (Å²) in [5.41, 5.74) is 0.462. The Morgan fingerprint density at radius 3 is 2.63 bits per heavy atom. The quantitative estimate of drug-likeness (QED) is 0.138. The summed E-state index contributed by atoms with van der Waals surface area (Å²) in [5.74, 6) is -1.08. The van der Waals surface area contributed by atoms with Gasteiger partial charge in [-0.3, -0.25) is 19.6 Å². The highest BCUT2D eigenvalue weighted by atomic mass is 16.5. The molecule has 2 aromatic rings. The van der Waals surface area contributed by atoms with Crippen LogP contribution in [-0.2, 0) is 9.59 Å². The molecule has 0 bridgehead atoms. The van der Waals surface area contributed by atoms with Crippen molar-refractivity contribution in [3.63, 3.8) is 0 Å². The maximum atomic E-state index is 12.4. The van der Waals surface area contributed by atoms with E-state index in [2.05, 4.69) is 10.6 Å². The van der Waals surface area contributed by atoms with Gasteiger partial charge in [0.1, 0.15) is 11.5 Å². The molecular weight excluding hydrogens is 390 g/mol. The molecule has 0 radical (unpaired) electrons. The van der Waals surface area contributed by atoms with Gasteiger partial charge in [0.2, 0.25) is 12.3 Å². The van der Waals surface area contributed by atoms with Gasteiger partial charge in [-0.2, -0.15) is 0 Å². The van der Waals surface area contributed by atoms with E-state index in [0.717, 1.165) is 19.3 Å². The van der Waals surface area contributed by atoms with Crippen LogP contribution >= 0.6 is 0 Å². The summed E-state index contributed by atoms with van der Waals surface area (Å²) >= 11 is 0. The number of unbranched alkanes of at least 4 members (excludes halogenated alkanes) is 2. The normalized spacial score (nSPS) is 11.5. The van der Waals surface area contributed by atoms with Crippen molar-refractivity contribution in [1.82, 2.24) is 15.7 Å². The summed E-state index contributed by atoms with van der Waals surface area (Å²) in [5, 5.41) is 24.8. The van der Waals surface area contributed by atoms with E-state index >= 15 is 0 Å². The number of furan rings is 1. The monoisotopic (exact) mass is 417 g/mol. The van der Waals surface area contributed by atoms with Crippen LogP contribution in [0.1, 0.15) is 43.2 Å². The summed E-state index contributed by atoms with van der Waals surface area (Å²) in [6, 6.07) is 9.64. The summed E-state index contributed by atoms with van der Waals surface area (Å²) in [6.07, 6.45) is 3.47. The summed E-state index contributed by atoms with van der Waals surface area (Å²) in [4.78, 5) is 35.3. The molecule has 0 saturated heterocycles. The molecule has 9 heteroatoms. The van der Waals surface area contributed by atoms with Gasteiger partial charge in [-0.05, 0) is 30.7 Å². The van der Waals surface area contributed by atoms with Crippen LogP contribution in [0, 0.1) is 5.92 Å². The van der Waals surface area contributed by atoms with E-state index in [4.69, 9.17) is 4.42 Å². The number of hydrogen-bond donors (Lipinski definition) is 4.